The smallest absolute Gasteiger partial charge is 0.289 e. The lowest BCUT2D eigenvalue weighted by molar-refractivity contribution is -0.387. The number of aromatic nitrogens is 1. The molecule has 2 heterocycles. The second-order valence-electron chi connectivity index (χ2n) is 5.36. The number of hydrogen-bond acceptors (Lipinski definition) is 6. The van der Waals surface area contributed by atoms with Gasteiger partial charge in [-0.15, -0.1) is 0 Å². The predicted molar refractivity (Wildman–Crippen MR) is 80.2 cm³/mol. The fraction of sp³-hybridized carbons (Fsp3) is 0.357. The van der Waals surface area contributed by atoms with Crippen molar-refractivity contribution in [2.45, 2.75) is 30.7 Å². The Morgan fingerprint density at radius 1 is 1.39 bits per heavy atom. The van der Waals surface area contributed by atoms with Crippen LogP contribution in [0.1, 0.15) is 30.3 Å². The quantitative estimate of drug-likeness (QED) is 0.626. The van der Waals surface area contributed by atoms with E-state index in [4.69, 9.17) is 4.52 Å². The van der Waals surface area contributed by atoms with Crippen molar-refractivity contribution in [1.29, 1.82) is 0 Å². The highest BCUT2D eigenvalue weighted by molar-refractivity contribution is 7.89. The summed E-state index contributed by atoms with van der Waals surface area (Å²) in [5.41, 5.74) is 0.108. The molecule has 1 atom stereocenters. The van der Waals surface area contributed by atoms with Crippen LogP contribution in [0.2, 0.25) is 0 Å². The number of benzene rings is 1. The summed E-state index contributed by atoms with van der Waals surface area (Å²) in [6, 6.07) is 6.61. The summed E-state index contributed by atoms with van der Waals surface area (Å²) in [6.45, 7) is 2.03. The van der Waals surface area contributed by atoms with E-state index in [0.717, 1.165) is 0 Å². The van der Waals surface area contributed by atoms with Gasteiger partial charge in [0.1, 0.15) is 11.5 Å². The van der Waals surface area contributed by atoms with E-state index in [-0.39, 0.29) is 4.90 Å². The monoisotopic (exact) mass is 337 g/mol. The van der Waals surface area contributed by atoms with Crippen molar-refractivity contribution < 1.29 is 17.9 Å². The van der Waals surface area contributed by atoms with Crippen LogP contribution < -0.4 is 0 Å². The summed E-state index contributed by atoms with van der Waals surface area (Å²) in [5.74, 6) is 0.593. The molecular formula is C14H15N3O5S. The summed E-state index contributed by atoms with van der Waals surface area (Å²) in [6.07, 6.45) is 1.27. The number of rotatable bonds is 4. The topological polar surface area (TPSA) is 107 Å². The van der Waals surface area contributed by atoms with Gasteiger partial charge in [0.05, 0.1) is 11.0 Å². The summed E-state index contributed by atoms with van der Waals surface area (Å²) < 4.78 is 32.1. The second kappa shape index (κ2) is 5.74. The zero-order valence-electron chi connectivity index (χ0n) is 12.4. The molecule has 0 spiro atoms. The zero-order valence-corrected chi connectivity index (χ0v) is 13.2. The molecule has 0 radical (unpaired) electrons. The third-order valence-electron chi connectivity index (χ3n) is 3.84. The van der Waals surface area contributed by atoms with Crippen molar-refractivity contribution in [2.75, 3.05) is 6.54 Å². The Bertz CT molecular complexity index is 846. The number of para-hydroxylation sites is 1. The molecule has 9 heteroatoms. The van der Waals surface area contributed by atoms with Crippen molar-refractivity contribution in [3.05, 3.63) is 51.9 Å². The van der Waals surface area contributed by atoms with Gasteiger partial charge in [-0.3, -0.25) is 10.1 Å². The number of hydrogen-bond donors (Lipinski definition) is 0. The molecule has 8 nitrogen and oxygen atoms in total. The lowest BCUT2D eigenvalue weighted by atomic mass is 10.1. The Balaban J connectivity index is 2.04. The molecule has 1 aromatic carbocycles. The maximum absolute atomic E-state index is 12.9. The van der Waals surface area contributed by atoms with Crippen LogP contribution in [-0.4, -0.2) is 29.3 Å². The average Bonchev–Trinajstić information content (AvgIpc) is 3.15. The maximum Gasteiger partial charge on any atom is 0.289 e. The van der Waals surface area contributed by atoms with Crippen LogP contribution in [0, 0.1) is 17.0 Å². The first-order valence-corrected chi connectivity index (χ1v) is 8.54. The fourth-order valence-electron chi connectivity index (χ4n) is 2.82. The van der Waals surface area contributed by atoms with Gasteiger partial charge in [0.25, 0.3) is 15.7 Å². The lowest BCUT2D eigenvalue weighted by Gasteiger charge is -2.22. The van der Waals surface area contributed by atoms with E-state index < -0.39 is 26.7 Å². The normalized spacial score (nSPS) is 19.1. The number of nitro benzene ring substituents is 1. The van der Waals surface area contributed by atoms with Gasteiger partial charge in [-0.2, -0.15) is 4.31 Å². The molecular weight excluding hydrogens is 322 g/mol. The van der Waals surface area contributed by atoms with Crippen molar-refractivity contribution in [2.24, 2.45) is 0 Å². The molecule has 0 bridgehead atoms. The lowest BCUT2D eigenvalue weighted by Crippen LogP contribution is -2.31. The van der Waals surface area contributed by atoms with Gasteiger partial charge < -0.3 is 4.52 Å². The summed E-state index contributed by atoms with van der Waals surface area (Å²) in [7, 11) is -3.99. The van der Waals surface area contributed by atoms with E-state index in [1.807, 2.05) is 0 Å². The van der Waals surface area contributed by atoms with Gasteiger partial charge >= 0.3 is 0 Å². The third-order valence-corrected chi connectivity index (χ3v) is 5.80. The molecule has 0 aliphatic carbocycles. The molecule has 1 fully saturated rings. The Morgan fingerprint density at radius 3 is 2.78 bits per heavy atom. The van der Waals surface area contributed by atoms with E-state index in [0.29, 0.717) is 30.8 Å². The summed E-state index contributed by atoms with van der Waals surface area (Å²) >= 11 is 0. The van der Waals surface area contributed by atoms with Crippen LogP contribution in [0.4, 0.5) is 5.69 Å². The van der Waals surface area contributed by atoms with Gasteiger partial charge in [-0.25, -0.2) is 8.42 Å². The molecule has 1 aromatic heterocycles. The van der Waals surface area contributed by atoms with Crippen LogP contribution in [0.25, 0.3) is 0 Å². The Kier molecular flexibility index (Phi) is 3.90. The minimum Gasteiger partial charge on any atom is -0.361 e. The maximum atomic E-state index is 12.9. The van der Waals surface area contributed by atoms with Gasteiger partial charge in [0, 0.05) is 18.7 Å². The molecule has 1 aliphatic heterocycles. The highest BCUT2D eigenvalue weighted by atomic mass is 32.2. The standard InChI is InChI=1S/C14H15N3O5S/c1-10-9-11(15-22-10)12-6-4-8-16(12)23(20,21)14-7-3-2-5-13(14)17(18)19/h2-3,5,7,9,12H,4,6,8H2,1H3/t12-/m0/s1. The zero-order chi connectivity index (χ0) is 16.6. The van der Waals surface area contributed by atoms with Crippen molar-refractivity contribution >= 4 is 15.7 Å². The number of aryl methyl sites for hydroxylation is 1. The second-order valence-corrected chi connectivity index (χ2v) is 7.22. The minimum atomic E-state index is -3.99. The molecule has 0 unspecified atom stereocenters. The van der Waals surface area contributed by atoms with Crippen molar-refractivity contribution in [3.63, 3.8) is 0 Å². The van der Waals surface area contributed by atoms with Crippen LogP contribution in [-0.2, 0) is 10.0 Å². The first-order chi connectivity index (χ1) is 10.9. The molecule has 3 rings (SSSR count). The number of sulfonamides is 1. The van der Waals surface area contributed by atoms with Crippen LogP contribution >= 0.6 is 0 Å². The van der Waals surface area contributed by atoms with E-state index in [9.17, 15) is 18.5 Å². The van der Waals surface area contributed by atoms with Crippen molar-refractivity contribution in [3.8, 4) is 0 Å². The predicted octanol–water partition coefficient (Wildman–Crippen LogP) is 2.42. The molecule has 2 aromatic rings. The molecule has 23 heavy (non-hydrogen) atoms. The SMILES string of the molecule is Cc1cc([C@@H]2CCCN2S(=O)(=O)c2ccccc2[N+](=O)[O-])no1. The molecule has 1 saturated heterocycles. The first-order valence-electron chi connectivity index (χ1n) is 7.10. The summed E-state index contributed by atoms with van der Waals surface area (Å²) in [4.78, 5) is 10.2. The highest BCUT2D eigenvalue weighted by Gasteiger charge is 2.40. The summed E-state index contributed by atoms with van der Waals surface area (Å²) in [5, 5.41) is 15.0. The molecule has 1 aliphatic rings. The Hall–Kier alpha value is -2.26. The van der Waals surface area contributed by atoms with E-state index >= 15 is 0 Å². The van der Waals surface area contributed by atoms with Crippen molar-refractivity contribution in [1.82, 2.24) is 9.46 Å². The van der Waals surface area contributed by atoms with Crippen LogP contribution in [0.5, 0.6) is 0 Å². The fourth-order valence-corrected chi connectivity index (χ4v) is 4.65. The van der Waals surface area contributed by atoms with E-state index in [1.165, 1.54) is 28.6 Å². The number of nitrogens with zero attached hydrogens (tertiary/aromatic N) is 3. The molecule has 0 amide bonds. The van der Waals surface area contributed by atoms with Crippen LogP contribution in [0.15, 0.2) is 39.8 Å². The average molecular weight is 337 g/mol. The Morgan fingerprint density at radius 2 is 2.13 bits per heavy atom. The number of nitro groups is 1. The molecule has 0 N–H and O–H groups in total. The van der Waals surface area contributed by atoms with Gasteiger partial charge in [-0.1, -0.05) is 17.3 Å². The third kappa shape index (κ3) is 2.73. The first kappa shape index (κ1) is 15.6. The van der Waals surface area contributed by atoms with Gasteiger partial charge in [0.15, 0.2) is 4.90 Å². The van der Waals surface area contributed by atoms with E-state index in [1.54, 1.807) is 13.0 Å². The van der Waals surface area contributed by atoms with E-state index in [2.05, 4.69) is 5.16 Å². The molecule has 0 saturated carbocycles. The van der Waals surface area contributed by atoms with Crippen LogP contribution in [0.3, 0.4) is 0 Å². The van der Waals surface area contributed by atoms with Gasteiger partial charge in [0.2, 0.25) is 0 Å². The molecule has 122 valence electrons. The largest absolute Gasteiger partial charge is 0.361 e. The Labute approximate surface area is 132 Å². The minimum absolute atomic E-state index is 0.294. The van der Waals surface area contributed by atoms with Gasteiger partial charge in [-0.05, 0) is 25.8 Å². The highest BCUT2D eigenvalue weighted by Crippen LogP contribution is 2.38.